The maximum atomic E-state index is 8.80. The van der Waals surface area contributed by atoms with Crippen LogP contribution in [0, 0.1) is 0 Å². The molecule has 0 amide bonds. The third kappa shape index (κ3) is 5.67. The van der Waals surface area contributed by atoms with Gasteiger partial charge in [0.05, 0.1) is 11.6 Å². The van der Waals surface area contributed by atoms with Crippen molar-refractivity contribution in [1.29, 1.82) is 0 Å². The second-order valence-corrected chi connectivity index (χ2v) is 6.57. The average Bonchev–Trinajstić information content (AvgIpc) is 2.57. The van der Waals surface area contributed by atoms with E-state index in [1.54, 1.807) is 7.11 Å². The van der Waals surface area contributed by atoms with Crippen molar-refractivity contribution >= 4 is 27.5 Å². The highest BCUT2D eigenvalue weighted by Crippen LogP contribution is 2.37. The Morgan fingerprint density at radius 1 is 1.21 bits per heavy atom. The molecule has 0 radical (unpaired) electrons. The molecule has 0 unspecified atom stereocenters. The van der Waals surface area contributed by atoms with Crippen LogP contribution in [0.3, 0.4) is 0 Å². The van der Waals surface area contributed by atoms with Gasteiger partial charge < -0.3 is 19.9 Å². The summed E-state index contributed by atoms with van der Waals surface area (Å²) in [5.41, 5.74) is 2.07. The number of nitrogens with one attached hydrogen (secondary N) is 1. The quantitative estimate of drug-likeness (QED) is 0.605. The summed E-state index contributed by atoms with van der Waals surface area (Å²) in [6.45, 7) is 2.06. The molecule has 130 valence electrons. The number of benzene rings is 2. The lowest BCUT2D eigenvalue weighted by molar-refractivity contribution is 0.282. The molecule has 0 aromatic heterocycles. The van der Waals surface area contributed by atoms with Crippen molar-refractivity contribution in [3.05, 3.63) is 57.0 Å². The zero-order valence-electron chi connectivity index (χ0n) is 13.5. The number of hydrogen-bond donors (Lipinski definition) is 2. The lowest BCUT2D eigenvalue weighted by atomic mass is 10.2. The lowest BCUT2D eigenvalue weighted by Crippen LogP contribution is -2.15. The predicted molar refractivity (Wildman–Crippen MR) is 99.9 cm³/mol. The first-order valence-corrected chi connectivity index (χ1v) is 8.86. The largest absolute Gasteiger partial charge is 0.493 e. The number of aliphatic hydroxyl groups excluding tert-OH is 1. The minimum atomic E-state index is 0.191. The third-order valence-corrected chi connectivity index (χ3v) is 4.23. The Balaban J connectivity index is 2.06. The summed E-state index contributed by atoms with van der Waals surface area (Å²) >= 11 is 9.55. The molecule has 0 heterocycles. The molecule has 2 N–H and O–H groups in total. The maximum absolute atomic E-state index is 8.80. The number of methoxy groups -OCH3 is 1. The summed E-state index contributed by atoms with van der Waals surface area (Å²) in [5.74, 6) is 1.34. The number of halogens is 2. The van der Waals surface area contributed by atoms with Gasteiger partial charge in [0.15, 0.2) is 11.5 Å². The van der Waals surface area contributed by atoms with Gasteiger partial charge >= 0.3 is 0 Å². The van der Waals surface area contributed by atoms with Crippen LogP contribution in [0.15, 0.2) is 40.9 Å². The van der Waals surface area contributed by atoms with Crippen molar-refractivity contribution in [1.82, 2.24) is 5.32 Å². The monoisotopic (exact) mass is 413 g/mol. The van der Waals surface area contributed by atoms with Gasteiger partial charge in [0, 0.05) is 18.2 Å². The number of aliphatic hydroxyl groups is 1. The first-order chi connectivity index (χ1) is 11.6. The van der Waals surface area contributed by atoms with Crippen LogP contribution in [0.5, 0.6) is 11.5 Å². The minimum absolute atomic E-state index is 0.191. The van der Waals surface area contributed by atoms with Crippen molar-refractivity contribution in [3.63, 3.8) is 0 Å². The smallest absolute Gasteiger partial charge is 0.175 e. The van der Waals surface area contributed by atoms with Gasteiger partial charge in [0.2, 0.25) is 0 Å². The van der Waals surface area contributed by atoms with Crippen molar-refractivity contribution in [2.24, 2.45) is 0 Å². The van der Waals surface area contributed by atoms with Crippen molar-refractivity contribution in [3.8, 4) is 11.5 Å². The Hall–Kier alpha value is -1.27. The topological polar surface area (TPSA) is 50.7 Å². The molecule has 0 bridgehead atoms. The summed E-state index contributed by atoms with van der Waals surface area (Å²) in [6.07, 6.45) is 0.735. The molecule has 0 saturated carbocycles. The number of hydrogen-bond acceptors (Lipinski definition) is 4. The van der Waals surface area contributed by atoms with E-state index >= 15 is 0 Å². The normalized spacial score (nSPS) is 10.7. The highest BCUT2D eigenvalue weighted by Gasteiger charge is 2.12. The van der Waals surface area contributed by atoms with E-state index in [0.717, 1.165) is 28.6 Å². The average molecular weight is 415 g/mol. The highest BCUT2D eigenvalue weighted by atomic mass is 79.9. The second-order valence-electron chi connectivity index (χ2n) is 5.28. The summed E-state index contributed by atoms with van der Waals surface area (Å²) < 4.78 is 12.2. The van der Waals surface area contributed by atoms with Crippen LogP contribution in [0.4, 0.5) is 0 Å². The van der Waals surface area contributed by atoms with E-state index in [-0.39, 0.29) is 6.61 Å². The minimum Gasteiger partial charge on any atom is -0.493 e. The van der Waals surface area contributed by atoms with Crippen LogP contribution in [-0.2, 0) is 13.2 Å². The molecule has 0 atom stereocenters. The zero-order valence-corrected chi connectivity index (χ0v) is 15.9. The highest BCUT2D eigenvalue weighted by molar-refractivity contribution is 9.10. The first-order valence-electron chi connectivity index (χ1n) is 7.69. The summed E-state index contributed by atoms with van der Waals surface area (Å²) in [5, 5.41) is 12.8. The van der Waals surface area contributed by atoms with Crippen LogP contribution in [0.1, 0.15) is 17.5 Å². The molecule has 6 heteroatoms. The van der Waals surface area contributed by atoms with Gasteiger partial charge in [-0.25, -0.2) is 0 Å². The summed E-state index contributed by atoms with van der Waals surface area (Å²) in [6, 6.07) is 11.5. The van der Waals surface area contributed by atoms with Crippen LogP contribution >= 0.6 is 27.5 Å². The van der Waals surface area contributed by atoms with Gasteiger partial charge in [-0.2, -0.15) is 0 Å². The van der Waals surface area contributed by atoms with Crippen molar-refractivity contribution < 1.29 is 14.6 Å². The van der Waals surface area contributed by atoms with Gasteiger partial charge in [-0.05, 0) is 64.3 Å². The lowest BCUT2D eigenvalue weighted by Gasteiger charge is -2.15. The van der Waals surface area contributed by atoms with Gasteiger partial charge in [-0.3, -0.25) is 0 Å². The molecule has 2 rings (SSSR count). The van der Waals surface area contributed by atoms with Crippen LogP contribution < -0.4 is 14.8 Å². The van der Waals surface area contributed by atoms with Crippen molar-refractivity contribution in [2.75, 3.05) is 20.3 Å². The van der Waals surface area contributed by atoms with Crippen LogP contribution in [0.2, 0.25) is 5.02 Å². The van der Waals surface area contributed by atoms with Gasteiger partial charge in [-0.1, -0.05) is 23.7 Å². The fraction of sp³-hybridized carbons (Fsp3) is 0.333. The van der Waals surface area contributed by atoms with Gasteiger partial charge in [-0.15, -0.1) is 0 Å². The fourth-order valence-electron chi connectivity index (χ4n) is 2.23. The second kappa shape index (κ2) is 9.89. The maximum Gasteiger partial charge on any atom is 0.175 e. The molecule has 0 fully saturated rings. The molecular weight excluding hydrogens is 394 g/mol. The van der Waals surface area contributed by atoms with E-state index in [2.05, 4.69) is 21.2 Å². The Bertz CT molecular complexity index is 667. The Kier molecular flexibility index (Phi) is 7.85. The zero-order chi connectivity index (χ0) is 17.4. The molecule has 2 aromatic carbocycles. The van der Waals surface area contributed by atoms with Gasteiger partial charge in [0.25, 0.3) is 0 Å². The van der Waals surface area contributed by atoms with Crippen LogP contribution in [0.25, 0.3) is 0 Å². The van der Waals surface area contributed by atoms with E-state index < -0.39 is 0 Å². The van der Waals surface area contributed by atoms with Crippen molar-refractivity contribution in [2.45, 2.75) is 19.6 Å². The van der Waals surface area contributed by atoms with Crippen LogP contribution in [-0.4, -0.2) is 25.4 Å². The number of rotatable bonds is 9. The molecule has 0 aliphatic carbocycles. The molecule has 24 heavy (non-hydrogen) atoms. The summed E-state index contributed by atoms with van der Waals surface area (Å²) in [7, 11) is 1.62. The predicted octanol–water partition coefficient (Wildman–Crippen LogP) is 4.16. The number of ether oxygens (including phenoxy) is 2. The Morgan fingerprint density at radius 2 is 2.04 bits per heavy atom. The molecule has 0 saturated heterocycles. The Labute approximate surface area is 155 Å². The SMILES string of the molecule is COc1cc(CNCCCO)cc(Br)c1OCc1cccc(Cl)c1. The van der Waals surface area contributed by atoms with Gasteiger partial charge in [0.1, 0.15) is 6.61 Å². The van der Waals surface area contributed by atoms with E-state index in [1.807, 2.05) is 36.4 Å². The Morgan fingerprint density at radius 3 is 2.75 bits per heavy atom. The van der Waals surface area contributed by atoms with E-state index in [9.17, 15) is 0 Å². The molecule has 0 aliphatic heterocycles. The molecule has 4 nitrogen and oxygen atoms in total. The fourth-order valence-corrected chi connectivity index (χ4v) is 3.05. The van der Waals surface area contributed by atoms with E-state index in [1.165, 1.54) is 0 Å². The summed E-state index contributed by atoms with van der Waals surface area (Å²) in [4.78, 5) is 0. The molecular formula is C18H21BrClNO3. The standard InChI is InChI=1S/C18H21BrClNO3/c1-23-17-10-14(11-21-6-3-7-22)9-16(19)18(17)24-12-13-4-2-5-15(20)8-13/h2,4-5,8-10,21-22H,3,6-7,11-12H2,1H3. The van der Waals surface area contributed by atoms with E-state index in [0.29, 0.717) is 29.7 Å². The van der Waals surface area contributed by atoms with E-state index in [4.69, 9.17) is 26.2 Å². The third-order valence-electron chi connectivity index (χ3n) is 3.40. The molecule has 0 spiro atoms. The molecule has 2 aromatic rings. The molecule has 0 aliphatic rings. The first kappa shape index (κ1) is 19.1.